The van der Waals surface area contributed by atoms with Crippen LogP contribution < -0.4 is 10.6 Å². The molecule has 0 aliphatic rings. The normalized spacial score (nSPS) is 10.5. The molecule has 134 valence electrons. The molecule has 0 radical (unpaired) electrons. The number of thioether (sulfide) groups is 1. The molecule has 10 heteroatoms. The summed E-state index contributed by atoms with van der Waals surface area (Å²) >= 11 is 1.22. The first-order valence-electron chi connectivity index (χ1n) is 7.69. The van der Waals surface area contributed by atoms with Gasteiger partial charge in [0.25, 0.3) is 5.91 Å². The summed E-state index contributed by atoms with van der Waals surface area (Å²) in [7, 11) is 1.56. The number of tetrazole rings is 1. The van der Waals surface area contributed by atoms with Gasteiger partial charge in [-0.1, -0.05) is 11.8 Å². The number of carbonyl (C=O) groups is 2. The zero-order valence-corrected chi connectivity index (χ0v) is 14.7. The molecule has 0 atom stereocenters. The number of hydrogen-bond donors (Lipinski definition) is 2. The summed E-state index contributed by atoms with van der Waals surface area (Å²) < 4.78 is 6.83. The summed E-state index contributed by atoms with van der Waals surface area (Å²) in [5.74, 6) is 0.493. The molecule has 3 aromatic rings. The van der Waals surface area contributed by atoms with Crippen molar-refractivity contribution in [3.63, 3.8) is 0 Å². The average molecular weight is 372 g/mol. The molecule has 0 bridgehead atoms. The monoisotopic (exact) mass is 372 g/mol. The van der Waals surface area contributed by atoms with E-state index in [-0.39, 0.29) is 17.6 Å². The predicted molar refractivity (Wildman–Crippen MR) is 94.8 cm³/mol. The Morgan fingerprint density at radius 3 is 2.73 bits per heavy atom. The van der Waals surface area contributed by atoms with Crippen LogP contribution in [0.3, 0.4) is 0 Å². The predicted octanol–water partition coefficient (Wildman–Crippen LogP) is 1.40. The van der Waals surface area contributed by atoms with Crippen molar-refractivity contribution in [2.75, 3.05) is 18.1 Å². The third-order valence-electron chi connectivity index (χ3n) is 3.38. The second kappa shape index (κ2) is 8.30. The largest absolute Gasteiger partial charge is 0.467 e. The van der Waals surface area contributed by atoms with Gasteiger partial charge >= 0.3 is 0 Å². The van der Waals surface area contributed by atoms with Crippen LogP contribution in [0.25, 0.3) is 0 Å². The Morgan fingerprint density at radius 2 is 2.04 bits per heavy atom. The second-order valence-electron chi connectivity index (χ2n) is 5.19. The summed E-state index contributed by atoms with van der Waals surface area (Å²) in [5.41, 5.74) is 1.13. The van der Waals surface area contributed by atoms with E-state index in [2.05, 4.69) is 26.2 Å². The molecule has 0 aliphatic carbocycles. The Labute approximate surface area is 153 Å². The quantitative estimate of drug-likeness (QED) is 0.603. The smallest absolute Gasteiger partial charge is 0.251 e. The van der Waals surface area contributed by atoms with Crippen molar-refractivity contribution in [3.05, 3.63) is 54.0 Å². The number of amides is 2. The molecule has 9 nitrogen and oxygen atoms in total. The van der Waals surface area contributed by atoms with Crippen molar-refractivity contribution in [3.8, 4) is 0 Å². The molecule has 0 fully saturated rings. The van der Waals surface area contributed by atoms with Gasteiger partial charge in [0.2, 0.25) is 11.1 Å². The van der Waals surface area contributed by atoms with Crippen LogP contribution in [0.4, 0.5) is 5.69 Å². The molecule has 2 N–H and O–H groups in total. The highest BCUT2D eigenvalue weighted by Gasteiger charge is 2.12. The number of nitrogens with zero attached hydrogens (tertiary/aromatic N) is 4. The van der Waals surface area contributed by atoms with E-state index in [0.717, 1.165) is 5.76 Å². The number of rotatable bonds is 7. The Morgan fingerprint density at radius 1 is 1.23 bits per heavy atom. The fourth-order valence-electron chi connectivity index (χ4n) is 2.13. The summed E-state index contributed by atoms with van der Waals surface area (Å²) in [6.45, 7) is 0.394. The number of aromatic nitrogens is 4. The van der Waals surface area contributed by atoms with E-state index in [9.17, 15) is 9.59 Å². The number of carbonyl (C=O) groups excluding carboxylic acids is 2. The molecule has 0 saturated heterocycles. The van der Waals surface area contributed by atoms with Gasteiger partial charge in [0.15, 0.2) is 0 Å². The van der Waals surface area contributed by atoms with E-state index in [1.807, 2.05) is 6.07 Å². The van der Waals surface area contributed by atoms with Crippen molar-refractivity contribution < 1.29 is 14.0 Å². The molecule has 0 aliphatic heterocycles. The summed E-state index contributed by atoms with van der Waals surface area (Å²) in [4.78, 5) is 23.6. The Hall–Kier alpha value is -3.14. The highest BCUT2D eigenvalue weighted by Crippen LogP contribution is 2.16. The van der Waals surface area contributed by atoms with Gasteiger partial charge in [-0.05, 0) is 46.8 Å². The van der Waals surface area contributed by atoms with Crippen LogP contribution in [0.15, 0.2) is 52.2 Å². The van der Waals surface area contributed by atoms with Gasteiger partial charge in [0, 0.05) is 18.3 Å². The Kier molecular flexibility index (Phi) is 5.64. The van der Waals surface area contributed by atoms with Crippen LogP contribution in [-0.2, 0) is 11.3 Å². The molecule has 1 aromatic carbocycles. The highest BCUT2D eigenvalue weighted by molar-refractivity contribution is 7.99. The first-order chi connectivity index (χ1) is 12.7. The molecule has 0 saturated carbocycles. The standard InChI is InChI=1S/C16H16N6O3S/c1-17-15(24)11-4-6-12(7-5-11)18-14(23)10-26-16-19-20-21-22(16)9-13-3-2-8-25-13/h2-8H,9-10H2,1H3,(H,17,24)(H,18,23). The zero-order valence-electron chi connectivity index (χ0n) is 13.9. The number of nitrogens with one attached hydrogen (secondary N) is 2. The number of benzene rings is 1. The van der Waals surface area contributed by atoms with Gasteiger partial charge < -0.3 is 15.1 Å². The molecular weight excluding hydrogens is 356 g/mol. The molecule has 2 aromatic heterocycles. The lowest BCUT2D eigenvalue weighted by molar-refractivity contribution is -0.113. The molecule has 2 amide bonds. The SMILES string of the molecule is CNC(=O)c1ccc(NC(=O)CSc2nnnn2Cc2ccco2)cc1. The molecule has 0 unspecified atom stereocenters. The number of furan rings is 1. The lowest BCUT2D eigenvalue weighted by Gasteiger charge is -2.06. The maximum atomic E-state index is 12.1. The maximum Gasteiger partial charge on any atom is 0.251 e. The molecule has 2 heterocycles. The molecule has 26 heavy (non-hydrogen) atoms. The van der Waals surface area contributed by atoms with Crippen LogP contribution in [0.1, 0.15) is 16.1 Å². The van der Waals surface area contributed by atoms with Crippen molar-refractivity contribution in [2.45, 2.75) is 11.7 Å². The lowest BCUT2D eigenvalue weighted by Crippen LogP contribution is -2.18. The highest BCUT2D eigenvalue weighted by atomic mass is 32.2. The summed E-state index contributed by atoms with van der Waals surface area (Å²) in [6.07, 6.45) is 1.58. The fraction of sp³-hybridized carbons (Fsp3) is 0.188. The van der Waals surface area contributed by atoms with Crippen LogP contribution in [0.2, 0.25) is 0 Å². The minimum absolute atomic E-state index is 0.149. The number of anilines is 1. The van der Waals surface area contributed by atoms with E-state index in [0.29, 0.717) is 23.0 Å². The van der Waals surface area contributed by atoms with Crippen molar-refractivity contribution in [1.29, 1.82) is 0 Å². The van der Waals surface area contributed by atoms with E-state index >= 15 is 0 Å². The van der Waals surface area contributed by atoms with Crippen molar-refractivity contribution >= 4 is 29.3 Å². The zero-order chi connectivity index (χ0) is 18.4. The molecule has 3 rings (SSSR count). The minimum atomic E-state index is -0.199. The lowest BCUT2D eigenvalue weighted by atomic mass is 10.2. The van der Waals surface area contributed by atoms with Gasteiger partial charge in [-0.2, -0.15) is 0 Å². The van der Waals surface area contributed by atoms with Crippen LogP contribution in [0, 0.1) is 0 Å². The van der Waals surface area contributed by atoms with Crippen LogP contribution >= 0.6 is 11.8 Å². The summed E-state index contributed by atoms with van der Waals surface area (Å²) in [6, 6.07) is 10.2. The number of hydrogen-bond acceptors (Lipinski definition) is 7. The van der Waals surface area contributed by atoms with Gasteiger partial charge in [-0.15, -0.1) is 5.10 Å². The van der Waals surface area contributed by atoms with Gasteiger partial charge in [0.05, 0.1) is 12.0 Å². The third kappa shape index (κ3) is 4.48. The van der Waals surface area contributed by atoms with E-state index < -0.39 is 0 Å². The molecular formula is C16H16N6O3S. The average Bonchev–Trinajstić information content (AvgIpc) is 3.32. The van der Waals surface area contributed by atoms with E-state index in [1.54, 1.807) is 48.3 Å². The topological polar surface area (TPSA) is 115 Å². The van der Waals surface area contributed by atoms with Gasteiger partial charge in [0.1, 0.15) is 12.3 Å². The van der Waals surface area contributed by atoms with E-state index in [4.69, 9.17) is 4.42 Å². The van der Waals surface area contributed by atoms with Gasteiger partial charge in [-0.25, -0.2) is 4.68 Å². The van der Waals surface area contributed by atoms with Crippen molar-refractivity contribution in [1.82, 2.24) is 25.5 Å². The first-order valence-corrected chi connectivity index (χ1v) is 8.67. The minimum Gasteiger partial charge on any atom is -0.467 e. The third-order valence-corrected chi connectivity index (χ3v) is 4.33. The fourth-order valence-corrected chi connectivity index (χ4v) is 2.80. The van der Waals surface area contributed by atoms with Crippen LogP contribution in [-0.4, -0.2) is 44.8 Å². The first kappa shape index (κ1) is 17.7. The Bertz CT molecular complexity index is 876. The van der Waals surface area contributed by atoms with Crippen LogP contribution in [0.5, 0.6) is 0 Å². The van der Waals surface area contributed by atoms with Gasteiger partial charge in [-0.3, -0.25) is 9.59 Å². The van der Waals surface area contributed by atoms with Crippen molar-refractivity contribution in [2.24, 2.45) is 0 Å². The second-order valence-corrected chi connectivity index (χ2v) is 6.13. The summed E-state index contributed by atoms with van der Waals surface area (Å²) in [5, 5.41) is 17.3. The maximum absolute atomic E-state index is 12.1. The molecule has 0 spiro atoms. The Balaban J connectivity index is 1.53. The van der Waals surface area contributed by atoms with E-state index in [1.165, 1.54) is 11.8 Å².